The Hall–Kier alpha value is -2.78. The number of aromatic amines is 1. The number of carbonyl (C=O) groups excluding carboxylic acids is 1. The van der Waals surface area contributed by atoms with Crippen LogP contribution in [-0.4, -0.2) is 46.9 Å². The van der Waals surface area contributed by atoms with Gasteiger partial charge in [-0.3, -0.25) is 9.89 Å². The van der Waals surface area contributed by atoms with Crippen LogP contribution in [0, 0.1) is 6.92 Å². The van der Waals surface area contributed by atoms with Crippen LogP contribution in [0.3, 0.4) is 0 Å². The lowest BCUT2D eigenvalue weighted by Crippen LogP contribution is -2.35. The van der Waals surface area contributed by atoms with Crippen LogP contribution in [-0.2, 0) is 10.0 Å². The molecule has 3 heterocycles. The van der Waals surface area contributed by atoms with Crippen molar-refractivity contribution in [2.45, 2.75) is 31.1 Å². The number of aryl methyl sites for hydroxylation is 1. The second-order valence-electron chi connectivity index (χ2n) is 6.89. The number of aromatic nitrogens is 3. The second kappa shape index (κ2) is 7.33. The summed E-state index contributed by atoms with van der Waals surface area (Å²) in [6, 6.07) is 7.93. The summed E-state index contributed by atoms with van der Waals surface area (Å²) in [4.78, 5) is 17.0. The van der Waals surface area contributed by atoms with E-state index in [0.717, 1.165) is 30.3 Å². The van der Waals surface area contributed by atoms with Gasteiger partial charge in [0.05, 0.1) is 16.8 Å². The molecule has 2 aromatic heterocycles. The quantitative estimate of drug-likeness (QED) is 0.701. The fraction of sp³-hybridized carbons (Fsp3) is 0.316. The van der Waals surface area contributed by atoms with Gasteiger partial charge in [0.2, 0.25) is 10.0 Å². The van der Waals surface area contributed by atoms with Gasteiger partial charge in [-0.25, -0.2) is 13.4 Å². The van der Waals surface area contributed by atoms with Crippen LogP contribution in [0.4, 0.5) is 5.69 Å². The van der Waals surface area contributed by atoms with Gasteiger partial charge in [-0.15, -0.1) is 0 Å². The number of piperidine rings is 1. The molecule has 1 fully saturated rings. The van der Waals surface area contributed by atoms with Crippen LogP contribution in [0.5, 0.6) is 0 Å². The van der Waals surface area contributed by atoms with Gasteiger partial charge in [-0.2, -0.15) is 9.40 Å². The molecular formula is C19H21N5O3S. The van der Waals surface area contributed by atoms with E-state index >= 15 is 0 Å². The minimum absolute atomic E-state index is 0.140. The van der Waals surface area contributed by atoms with Crippen LogP contribution in [0.25, 0.3) is 11.0 Å². The van der Waals surface area contributed by atoms with E-state index in [1.54, 1.807) is 18.2 Å². The molecule has 0 spiro atoms. The number of pyridine rings is 1. The fourth-order valence-electron chi connectivity index (χ4n) is 3.34. The van der Waals surface area contributed by atoms with Gasteiger partial charge in [0.15, 0.2) is 5.65 Å². The van der Waals surface area contributed by atoms with Gasteiger partial charge in [0.25, 0.3) is 5.91 Å². The van der Waals surface area contributed by atoms with E-state index in [-0.39, 0.29) is 10.5 Å². The number of amides is 1. The van der Waals surface area contributed by atoms with Gasteiger partial charge in [0, 0.05) is 29.7 Å². The van der Waals surface area contributed by atoms with E-state index in [0.29, 0.717) is 24.4 Å². The minimum Gasteiger partial charge on any atom is -0.321 e. The summed E-state index contributed by atoms with van der Waals surface area (Å²) in [5.41, 5.74) is 2.23. The number of fused-ring (bicyclic) bond motifs is 1. The van der Waals surface area contributed by atoms with Crippen LogP contribution in [0.15, 0.2) is 41.4 Å². The lowest BCUT2D eigenvalue weighted by atomic mass is 10.2. The normalized spacial score (nSPS) is 15.6. The Balaban J connectivity index is 1.57. The summed E-state index contributed by atoms with van der Waals surface area (Å²) < 4.78 is 27.2. The first-order chi connectivity index (χ1) is 13.4. The highest BCUT2D eigenvalue weighted by molar-refractivity contribution is 7.89. The molecule has 0 saturated carbocycles. The van der Waals surface area contributed by atoms with Gasteiger partial charge in [-0.1, -0.05) is 12.5 Å². The zero-order valence-corrected chi connectivity index (χ0v) is 16.3. The van der Waals surface area contributed by atoms with E-state index in [2.05, 4.69) is 20.5 Å². The largest absolute Gasteiger partial charge is 0.321 e. The summed E-state index contributed by atoms with van der Waals surface area (Å²) in [7, 11) is -3.59. The first-order valence-corrected chi connectivity index (χ1v) is 10.6. The Morgan fingerprint density at radius 1 is 1.18 bits per heavy atom. The molecule has 0 bridgehead atoms. The SMILES string of the molecule is Cc1[nH]nc2ncc(NC(=O)c3cccc(S(=O)(=O)N4CCCCC4)c3)cc12. The van der Waals surface area contributed by atoms with Crippen molar-refractivity contribution in [1.82, 2.24) is 19.5 Å². The molecule has 8 nitrogen and oxygen atoms in total. The Bertz CT molecular complexity index is 1130. The lowest BCUT2D eigenvalue weighted by Gasteiger charge is -2.26. The highest BCUT2D eigenvalue weighted by Gasteiger charge is 2.26. The van der Waals surface area contributed by atoms with Gasteiger partial charge in [-0.05, 0) is 44.0 Å². The fourth-order valence-corrected chi connectivity index (χ4v) is 4.91. The maximum absolute atomic E-state index is 12.8. The monoisotopic (exact) mass is 399 g/mol. The summed E-state index contributed by atoms with van der Waals surface area (Å²) >= 11 is 0. The van der Waals surface area contributed by atoms with Gasteiger partial charge < -0.3 is 5.32 Å². The molecule has 3 aromatic rings. The lowest BCUT2D eigenvalue weighted by molar-refractivity contribution is 0.102. The molecular weight excluding hydrogens is 378 g/mol. The van der Waals surface area contributed by atoms with E-state index in [1.807, 2.05) is 6.92 Å². The summed E-state index contributed by atoms with van der Waals surface area (Å²) in [5, 5.41) is 10.5. The van der Waals surface area contributed by atoms with Crippen LogP contribution < -0.4 is 5.32 Å². The summed E-state index contributed by atoms with van der Waals surface area (Å²) in [6.07, 6.45) is 4.29. The molecule has 0 radical (unpaired) electrons. The van der Waals surface area contributed by atoms with E-state index < -0.39 is 15.9 Å². The smallest absolute Gasteiger partial charge is 0.255 e. The maximum atomic E-state index is 12.8. The number of H-pyrrole nitrogens is 1. The van der Waals surface area contributed by atoms with Crippen molar-refractivity contribution in [3.63, 3.8) is 0 Å². The molecule has 146 valence electrons. The number of sulfonamides is 1. The first-order valence-electron chi connectivity index (χ1n) is 9.17. The second-order valence-corrected chi connectivity index (χ2v) is 8.83. The number of nitrogens with one attached hydrogen (secondary N) is 2. The predicted octanol–water partition coefficient (Wildman–Crippen LogP) is 2.69. The van der Waals surface area contributed by atoms with Crippen LogP contribution in [0.1, 0.15) is 35.3 Å². The van der Waals surface area contributed by atoms with Crippen molar-refractivity contribution >= 4 is 32.7 Å². The molecule has 1 aliphatic rings. The molecule has 2 N–H and O–H groups in total. The maximum Gasteiger partial charge on any atom is 0.255 e. The molecule has 1 aromatic carbocycles. The molecule has 0 aliphatic carbocycles. The number of hydrogen-bond donors (Lipinski definition) is 2. The van der Waals surface area contributed by atoms with E-state index in [1.165, 1.54) is 22.6 Å². The molecule has 1 aliphatic heterocycles. The third-order valence-electron chi connectivity index (χ3n) is 4.91. The van der Waals surface area contributed by atoms with Crippen molar-refractivity contribution in [2.75, 3.05) is 18.4 Å². The molecule has 4 rings (SSSR count). The molecule has 1 saturated heterocycles. The first kappa shape index (κ1) is 18.6. The minimum atomic E-state index is -3.59. The summed E-state index contributed by atoms with van der Waals surface area (Å²) in [5.74, 6) is -0.391. The number of carbonyl (C=O) groups is 1. The van der Waals surface area contributed by atoms with Crippen LogP contribution in [0.2, 0.25) is 0 Å². The zero-order chi connectivity index (χ0) is 19.7. The van der Waals surface area contributed by atoms with Crippen LogP contribution >= 0.6 is 0 Å². The van der Waals surface area contributed by atoms with Crippen molar-refractivity contribution in [2.24, 2.45) is 0 Å². The topological polar surface area (TPSA) is 108 Å². The molecule has 28 heavy (non-hydrogen) atoms. The Labute approximate surface area is 163 Å². The predicted molar refractivity (Wildman–Crippen MR) is 106 cm³/mol. The zero-order valence-electron chi connectivity index (χ0n) is 15.5. The average Bonchev–Trinajstić information content (AvgIpc) is 3.09. The molecule has 9 heteroatoms. The number of rotatable bonds is 4. The van der Waals surface area contributed by atoms with Crippen molar-refractivity contribution in [1.29, 1.82) is 0 Å². The standard InChI is InChI=1S/C19H21N5O3S/c1-13-17-11-15(12-20-18(17)23-22-13)21-19(25)14-6-5-7-16(10-14)28(26,27)24-8-3-2-4-9-24/h5-7,10-12H,2-4,8-9H2,1H3,(H,21,25)(H,20,22,23). The highest BCUT2D eigenvalue weighted by atomic mass is 32.2. The third-order valence-corrected chi connectivity index (χ3v) is 6.80. The van der Waals surface area contributed by atoms with Crippen molar-refractivity contribution in [3.05, 3.63) is 47.8 Å². The number of hydrogen-bond acceptors (Lipinski definition) is 5. The van der Waals surface area contributed by atoms with E-state index in [4.69, 9.17) is 0 Å². The Morgan fingerprint density at radius 2 is 1.96 bits per heavy atom. The highest BCUT2D eigenvalue weighted by Crippen LogP contribution is 2.22. The van der Waals surface area contributed by atoms with Crippen molar-refractivity contribution in [3.8, 4) is 0 Å². The number of benzene rings is 1. The van der Waals surface area contributed by atoms with Gasteiger partial charge in [0.1, 0.15) is 0 Å². The summed E-state index contributed by atoms with van der Waals surface area (Å²) in [6.45, 7) is 2.92. The Kier molecular flexibility index (Phi) is 4.86. The molecule has 1 amide bonds. The average molecular weight is 399 g/mol. The van der Waals surface area contributed by atoms with Crippen molar-refractivity contribution < 1.29 is 13.2 Å². The number of nitrogens with zero attached hydrogens (tertiary/aromatic N) is 3. The number of anilines is 1. The van der Waals surface area contributed by atoms with E-state index in [9.17, 15) is 13.2 Å². The molecule has 0 unspecified atom stereocenters. The third kappa shape index (κ3) is 3.50. The van der Waals surface area contributed by atoms with Gasteiger partial charge >= 0.3 is 0 Å². The molecule has 0 atom stereocenters. The Morgan fingerprint density at radius 3 is 2.75 bits per heavy atom.